The summed E-state index contributed by atoms with van der Waals surface area (Å²) in [7, 11) is 0. The molecule has 1 heterocycles. The number of amides is 1. The minimum absolute atomic E-state index is 0.214. The summed E-state index contributed by atoms with van der Waals surface area (Å²) in [5, 5.41) is 2.64. The quantitative estimate of drug-likeness (QED) is 0.825. The second-order valence-electron chi connectivity index (χ2n) is 6.57. The number of benzene rings is 2. The minimum Gasteiger partial charge on any atom is -0.348 e. The monoisotopic (exact) mass is 362 g/mol. The maximum Gasteiger partial charge on any atom is 0.257 e. The van der Waals surface area contributed by atoms with Crippen molar-refractivity contribution >= 4 is 5.91 Å². The Morgan fingerprint density at radius 3 is 2.58 bits per heavy atom. The van der Waals surface area contributed by atoms with Crippen molar-refractivity contribution in [3.05, 3.63) is 71.0 Å². The minimum atomic E-state index is -1.45. The Hall–Kier alpha value is -2.34. The first kappa shape index (κ1) is 18.5. The largest absolute Gasteiger partial charge is 0.348 e. The number of halogens is 3. The van der Waals surface area contributed by atoms with Crippen molar-refractivity contribution in [2.45, 2.75) is 25.3 Å². The number of carbonyl (C=O) groups excluding carboxylic acids is 1. The van der Waals surface area contributed by atoms with Crippen LogP contribution in [0.4, 0.5) is 13.2 Å². The van der Waals surface area contributed by atoms with Crippen LogP contribution in [0.1, 0.15) is 28.8 Å². The number of rotatable bonds is 5. The van der Waals surface area contributed by atoms with E-state index in [9.17, 15) is 18.0 Å². The molecule has 1 fully saturated rings. The van der Waals surface area contributed by atoms with Crippen LogP contribution < -0.4 is 5.32 Å². The summed E-state index contributed by atoms with van der Waals surface area (Å²) in [5.41, 5.74) is 0.383. The van der Waals surface area contributed by atoms with Crippen LogP contribution in [0.3, 0.4) is 0 Å². The maximum atomic E-state index is 13.8. The highest BCUT2D eigenvalue weighted by molar-refractivity contribution is 5.95. The van der Waals surface area contributed by atoms with Crippen molar-refractivity contribution in [1.29, 1.82) is 0 Å². The molecule has 2 aromatic carbocycles. The van der Waals surface area contributed by atoms with Gasteiger partial charge in [0.05, 0.1) is 0 Å². The molecule has 1 N–H and O–H groups in total. The Morgan fingerprint density at radius 1 is 1.08 bits per heavy atom. The summed E-state index contributed by atoms with van der Waals surface area (Å²) in [4.78, 5) is 14.4. The molecule has 0 bridgehead atoms. The number of nitrogens with zero attached hydrogens (tertiary/aromatic N) is 1. The molecule has 1 aliphatic heterocycles. The van der Waals surface area contributed by atoms with Crippen LogP contribution in [0.25, 0.3) is 0 Å². The lowest BCUT2D eigenvalue weighted by Crippen LogP contribution is -2.48. The van der Waals surface area contributed by atoms with Gasteiger partial charge in [0.15, 0.2) is 11.6 Å². The first-order valence-electron chi connectivity index (χ1n) is 8.75. The Labute approximate surface area is 150 Å². The lowest BCUT2D eigenvalue weighted by molar-refractivity contribution is 0.0894. The molecule has 1 aliphatic rings. The van der Waals surface area contributed by atoms with Crippen molar-refractivity contribution in [1.82, 2.24) is 10.2 Å². The van der Waals surface area contributed by atoms with Crippen LogP contribution in [-0.4, -0.2) is 36.5 Å². The van der Waals surface area contributed by atoms with Crippen LogP contribution in [-0.2, 0) is 6.42 Å². The molecule has 1 atom stereocenters. The van der Waals surface area contributed by atoms with Crippen molar-refractivity contribution in [2.75, 3.05) is 19.6 Å². The van der Waals surface area contributed by atoms with Gasteiger partial charge in [0.2, 0.25) is 0 Å². The number of hydrogen-bond donors (Lipinski definition) is 1. The highest BCUT2D eigenvalue weighted by Crippen LogP contribution is 2.17. The van der Waals surface area contributed by atoms with E-state index in [0.29, 0.717) is 12.6 Å². The third-order valence-corrected chi connectivity index (χ3v) is 4.67. The zero-order chi connectivity index (χ0) is 18.5. The molecule has 3 nitrogen and oxygen atoms in total. The second-order valence-corrected chi connectivity index (χ2v) is 6.57. The van der Waals surface area contributed by atoms with Crippen LogP contribution >= 0.6 is 0 Å². The molecule has 0 unspecified atom stereocenters. The Morgan fingerprint density at radius 2 is 1.81 bits per heavy atom. The molecule has 0 saturated carbocycles. The van der Waals surface area contributed by atoms with Crippen molar-refractivity contribution < 1.29 is 18.0 Å². The zero-order valence-electron chi connectivity index (χ0n) is 14.4. The summed E-state index contributed by atoms with van der Waals surface area (Å²) >= 11 is 0. The van der Waals surface area contributed by atoms with Crippen molar-refractivity contribution in [2.24, 2.45) is 0 Å². The fourth-order valence-electron chi connectivity index (χ4n) is 3.30. The third-order valence-electron chi connectivity index (χ3n) is 4.67. The highest BCUT2D eigenvalue weighted by Gasteiger charge is 2.26. The molecule has 1 saturated heterocycles. The molecular formula is C20H21F3N2O. The van der Waals surface area contributed by atoms with E-state index in [0.717, 1.165) is 38.4 Å². The number of hydrogen-bond acceptors (Lipinski definition) is 2. The first-order chi connectivity index (χ1) is 12.5. The van der Waals surface area contributed by atoms with E-state index >= 15 is 0 Å². The lowest BCUT2D eigenvalue weighted by atomic mass is 10.0. The van der Waals surface area contributed by atoms with Crippen molar-refractivity contribution in [3.63, 3.8) is 0 Å². The molecule has 0 spiro atoms. The van der Waals surface area contributed by atoms with Gasteiger partial charge in [0.25, 0.3) is 5.91 Å². The molecule has 2 aromatic rings. The Balaban J connectivity index is 1.58. The van der Waals surface area contributed by atoms with Gasteiger partial charge < -0.3 is 10.2 Å². The van der Waals surface area contributed by atoms with E-state index in [1.807, 2.05) is 18.2 Å². The average Bonchev–Trinajstić information content (AvgIpc) is 2.64. The van der Waals surface area contributed by atoms with Gasteiger partial charge in [-0.3, -0.25) is 4.79 Å². The molecule has 3 rings (SSSR count). The van der Waals surface area contributed by atoms with E-state index in [1.54, 1.807) is 0 Å². The van der Waals surface area contributed by atoms with Gasteiger partial charge in [-0.15, -0.1) is 0 Å². The molecule has 0 radical (unpaired) electrons. The third kappa shape index (κ3) is 4.43. The molecular weight excluding hydrogens is 341 g/mol. The van der Waals surface area contributed by atoms with Crippen LogP contribution in [0.5, 0.6) is 0 Å². The molecule has 26 heavy (non-hydrogen) atoms. The predicted octanol–water partition coefficient (Wildman–Crippen LogP) is 3.54. The van der Waals surface area contributed by atoms with Gasteiger partial charge >= 0.3 is 0 Å². The normalized spacial score (nSPS) is 17.9. The molecule has 138 valence electrons. The number of piperidine rings is 1. The summed E-state index contributed by atoms with van der Waals surface area (Å²) < 4.78 is 40.8. The molecule has 6 heteroatoms. The van der Waals surface area contributed by atoms with E-state index in [4.69, 9.17) is 0 Å². The van der Waals surface area contributed by atoms with E-state index in [2.05, 4.69) is 22.3 Å². The van der Waals surface area contributed by atoms with Crippen LogP contribution in [0, 0.1) is 17.5 Å². The van der Waals surface area contributed by atoms with Gasteiger partial charge in [0, 0.05) is 19.1 Å². The number of nitrogens with one attached hydrogen (secondary N) is 1. The van der Waals surface area contributed by atoms with E-state index in [-0.39, 0.29) is 6.04 Å². The van der Waals surface area contributed by atoms with Crippen LogP contribution in [0.2, 0.25) is 0 Å². The standard InChI is InChI=1S/C20H21F3N2O/c21-16-8-9-17(22)19(23)18(16)20(26)24-15-7-4-11-25(13-15)12-10-14-5-2-1-3-6-14/h1-3,5-6,8-9,15H,4,7,10-13H2,(H,24,26)/t15-/m0/s1. The second kappa shape index (κ2) is 8.36. The van der Waals surface area contributed by atoms with Gasteiger partial charge in [-0.1, -0.05) is 30.3 Å². The molecule has 0 aliphatic carbocycles. The fraction of sp³-hybridized carbons (Fsp3) is 0.350. The first-order valence-corrected chi connectivity index (χ1v) is 8.75. The smallest absolute Gasteiger partial charge is 0.257 e. The summed E-state index contributed by atoms with van der Waals surface area (Å²) in [6.45, 7) is 2.37. The van der Waals surface area contributed by atoms with Gasteiger partial charge in [-0.05, 0) is 43.5 Å². The Kier molecular flexibility index (Phi) is 5.93. The zero-order valence-corrected chi connectivity index (χ0v) is 14.4. The van der Waals surface area contributed by atoms with Crippen molar-refractivity contribution in [3.8, 4) is 0 Å². The van der Waals surface area contributed by atoms with Gasteiger partial charge in [0.1, 0.15) is 11.4 Å². The topological polar surface area (TPSA) is 32.3 Å². The fourth-order valence-corrected chi connectivity index (χ4v) is 3.30. The van der Waals surface area contributed by atoms with Gasteiger partial charge in [-0.2, -0.15) is 0 Å². The molecule has 1 amide bonds. The Bertz CT molecular complexity index is 767. The predicted molar refractivity (Wildman–Crippen MR) is 93.4 cm³/mol. The average molecular weight is 362 g/mol. The highest BCUT2D eigenvalue weighted by atomic mass is 19.2. The summed E-state index contributed by atoms with van der Waals surface area (Å²) in [6, 6.07) is 11.3. The summed E-state index contributed by atoms with van der Waals surface area (Å²) in [5.74, 6) is -4.64. The number of carbonyl (C=O) groups is 1. The number of likely N-dealkylation sites (tertiary alicyclic amines) is 1. The van der Waals surface area contributed by atoms with Gasteiger partial charge in [-0.25, -0.2) is 13.2 Å². The maximum absolute atomic E-state index is 13.8. The summed E-state index contributed by atoms with van der Waals surface area (Å²) in [6.07, 6.45) is 2.51. The van der Waals surface area contributed by atoms with E-state index in [1.165, 1.54) is 5.56 Å². The SMILES string of the molecule is O=C(N[C@H]1CCCN(CCc2ccccc2)C1)c1c(F)ccc(F)c1F. The van der Waals surface area contributed by atoms with E-state index < -0.39 is 28.9 Å². The lowest BCUT2D eigenvalue weighted by Gasteiger charge is -2.33. The molecule has 0 aromatic heterocycles. The van der Waals surface area contributed by atoms with Crippen LogP contribution in [0.15, 0.2) is 42.5 Å².